The number of carbonyl (C=O) groups excluding carboxylic acids is 2. The molecule has 0 radical (unpaired) electrons. The van der Waals surface area contributed by atoms with Crippen molar-refractivity contribution < 1.29 is 23.9 Å². The van der Waals surface area contributed by atoms with Crippen molar-refractivity contribution in [3.63, 3.8) is 0 Å². The summed E-state index contributed by atoms with van der Waals surface area (Å²) >= 11 is 0.875. The van der Waals surface area contributed by atoms with Gasteiger partial charge < -0.3 is 9.52 Å². The zero-order valence-corrected chi connectivity index (χ0v) is 19.0. The zero-order chi connectivity index (χ0) is 23.8. The molecule has 1 saturated heterocycles. The van der Waals surface area contributed by atoms with Crippen LogP contribution in [0.15, 0.2) is 82.1 Å². The van der Waals surface area contributed by atoms with Gasteiger partial charge in [-0.3, -0.25) is 14.5 Å². The molecule has 4 aromatic rings. The van der Waals surface area contributed by atoms with E-state index in [0.717, 1.165) is 33.7 Å². The normalized spacial score (nSPS) is 15.0. The predicted octanol–water partition coefficient (Wildman–Crippen LogP) is 6.34. The van der Waals surface area contributed by atoms with Gasteiger partial charge >= 0.3 is 5.97 Å². The third-order valence-corrected chi connectivity index (χ3v) is 6.59. The molecule has 3 aromatic carbocycles. The van der Waals surface area contributed by atoms with Gasteiger partial charge in [0.05, 0.1) is 17.0 Å². The number of nitrogens with zero attached hydrogens (tertiary/aromatic N) is 1. The summed E-state index contributed by atoms with van der Waals surface area (Å²) in [6.45, 7) is 2.05. The molecule has 7 heteroatoms. The number of imide groups is 1. The number of hydrogen-bond donors (Lipinski definition) is 1. The maximum atomic E-state index is 12.9. The van der Waals surface area contributed by atoms with Crippen LogP contribution >= 0.6 is 11.8 Å². The van der Waals surface area contributed by atoms with Crippen molar-refractivity contribution in [1.29, 1.82) is 0 Å². The molecule has 1 aliphatic rings. The van der Waals surface area contributed by atoms with E-state index in [0.29, 0.717) is 17.1 Å². The van der Waals surface area contributed by atoms with Crippen LogP contribution in [0, 0.1) is 6.92 Å². The van der Waals surface area contributed by atoms with Gasteiger partial charge in [0.2, 0.25) is 0 Å². The summed E-state index contributed by atoms with van der Waals surface area (Å²) in [4.78, 5) is 38.3. The molecule has 0 spiro atoms. The first kappa shape index (κ1) is 21.7. The van der Waals surface area contributed by atoms with Crippen LogP contribution in [0.4, 0.5) is 4.79 Å². The Kier molecular flexibility index (Phi) is 5.55. The molecule has 0 saturated carbocycles. The van der Waals surface area contributed by atoms with Gasteiger partial charge in [-0.05, 0) is 70.9 Å². The molecule has 0 atom stereocenters. The topological polar surface area (TPSA) is 87.8 Å². The summed E-state index contributed by atoms with van der Waals surface area (Å²) in [6, 6.07) is 22.0. The lowest BCUT2D eigenvalue weighted by Crippen LogP contribution is -2.27. The highest BCUT2D eigenvalue weighted by Crippen LogP contribution is 2.35. The molecule has 1 aliphatic heterocycles. The Labute approximate surface area is 199 Å². The van der Waals surface area contributed by atoms with Crippen molar-refractivity contribution >= 4 is 45.7 Å². The van der Waals surface area contributed by atoms with Crippen LogP contribution in [-0.2, 0) is 11.3 Å². The highest BCUT2D eigenvalue weighted by molar-refractivity contribution is 8.18. The number of aromatic carboxylic acids is 1. The number of furan rings is 1. The minimum Gasteiger partial charge on any atom is -0.478 e. The molecule has 2 amide bonds. The van der Waals surface area contributed by atoms with Crippen molar-refractivity contribution in [2.24, 2.45) is 0 Å². The lowest BCUT2D eigenvalue weighted by Gasteiger charge is -2.13. The fourth-order valence-corrected chi connectivity index (χ4v) is 4.70. The van der Waals surface area contributed by atoms with Crippen LogP contribution in [0.3, 0.4) is 0 Å². The molecule has 1 fully saturated rings. The Morgan fingerprint density at radius 1 is 1.00 bits per heavy atom. The number of rotatable bonds is 5. The van der Waals surface area contributed by atoms with Gasteiger partial charge in [0, 0.05) is 11.6 Å². The monoisotopic (exact) mass is 469 g/mol. The van der Waals surface area contributed by atoms with Gasteiger partial charge in [0.25, 0.3) is 11.1 Å². The van der Waals surface area contributed by atoms with Gasteiger partial charge in [0.15, 0.2) is 0 Å². The molecule has 34 heavy (non-hydrogen) atoms. The minimum absolute atomic E-state index is 0.161. The van der Waals surface area contributed by atoms with E-state index in [-0.39, 0.29) is 28.2 Å². The standard InChI is InChI=1S/C27H19NO5S/c1-16-6-8-20(26(30)31)13-22(16)23-11-10-21(33-23)14-24-25(29)28(27(32)34-24)15-17-7-9-18-4-2-3-5-19(18)12-17/h2-14H,15H2,1H3,(H,30,31)/b24-14-. The summed E-state index contributed by atoms with van der Waals surface area (Å²) in [5, 5.41) is 11.1. The summed E-state index contributed by atoms with van der Waals surface area (Å²) in [6.07, 6.45) is 1.55. The average molecular weight is 470 g/mol. The predicted molar refractivity (Wildman–Crippen MR) is 131 cm³/mol. The second-order valence-electron chi connectivity index (χ2n) is 7.99. The molecule has 6 nitrogen and oxygen atoms in total. The first-order valence-electron chi connectivity index (χ1n) is 10.6. The third-order valence-electron chi connectivity index (χ3n) is 5.68. The Bertz CT molecular complexity index is 1500. The summed E-state index contributed by atoms with van der Waals surface area (Å²) in [5.74, 6) is -0.494. The van der Waals surface area contributed by atoms with Crippen molar-refractivity contribution in [3.05, 3.63) is 100 Å². The maximum absolute atomic E-state index is 12.9. The number of hydrogen-bond acceptors (Lipinski definition) is 5. The molecule has 0 aliphatic carbocycles. The first-order valence-corrected chi connectivity index (χ1v) is 11.4. The molecule has 168 valence electrons. The average Bonchev–Trinajstić information content (AvgIpc) is 3.39. The van der Waals surface area contributed by atoms with Gasteiger partial charge in [-0.1, -0.05) is 42.5 Å². The third kappa shape index (κ3) is 4.13. The molecular formula is C27H19NO5S. The summed E-state index contributed by atoms with van der Waals surface area (Å²) < 4.78 is 5.87. The van der Waals surface area contributed by atoms with Crippen LogP contribution in [0.5, 0.6) is 0 Å². The number of amides is 2. The quantitative estimate of drug-likeness (QED) is 0.343. The number of thioether (sulfide) groups is 1. The van der Waals surface area contributed by atoms with Gasteiger partial charge in [-0.2, -0.15) is 0 Å². The largest absolute Gasteiger partial charge is 0.478 e. The summed E-state index contributed by atoms with van der Waals surface area (Å²) in [7, 11) is 0. The smallest absolute Gasteiger partial charge is 0.335 e. The van der Waals surface area contributed by atoms with Gasteiger partial charge in [0.1, 0.15) is 11.5 Å². The number of carbonyl (C=O) groups is 3. The lowest BCUT2D eigenvalue weighted by atomic mass is 10.0. The van der Waals surface area contributed by atoms with Crippen LogP contribution < -0.4 is 0 Å². The maximum Gasteiger partial charge on any atom is 0.335 e. The zero-order valence-electron chi connectivity index (χ0n) is 18.1. The Morgan fingerprint density at radius 2 is 1.79 bits per heavy atom. The van der Waals surface area contributed by atoms with Crippen LogP contribution in [0.25, 0.3) is 28.2 Å². The Balaban J connectivity index is 1.37. The summed E-state index contributed by atoms with van der Waals surface area (Å²) in [5.41, 5.74) is 2.55. The van der Waals surface area contributed by atoms with E-state index >= 15 is 0 Å². The van der Waals surface area contributed by atoms with Crippen molar-refractivity contribution in [1.82, 2.24) is 4.90 Å². The number of aryl methyl sites for hydroxylation is 1. The SMILES string of the molecule is Cc1ccc(C(=O)O)cc1-c1ccc(/C=C2\SC(=O)N(Cc3ccc4ccccc4c3)C2=O)o1. The van der Waals surface area contributed by atoms with E-state index < -0.39 is 5.97 Å². The van der Waals surface area contributed by atoms with Crippen LogP contribution in [-0.4, -0.2) is 27.1 Å². The van der Waals surface area contributed by atoms with E-state index in [4.69, 9.17) is 4.42 Å². The molecule has 0 bridgehead atoms. The second kappa shape index (κ2) is 8.68. The van der Waals surface area contributed by atoms with E-state index in [9.17, 15) is 19.5 Å². The number of fused-ring (bicyclic) bond motifs is 1. The van der Waals surface area contributed by atoms with Crippen LogP contribution in [0.2, 0.25) is 0 Å². The molecular weight excluding hydrogens is 450 g/mol. The second-order valence-corrected chi connectivity index (χ2v) is 8.98. The molecule has 1 N–H and O–H groups in total. The number of benzene rings is 3. The van der Waals surface area contributed by atoms with Gasteiger partial charge in [-0.25, -0.2) is 4.79 Å². The molecule has 0 unspecified atom stereocenters. The fourth-order valence-electron chi connectivity index (χ4n) is 3.88. The Morgan fingerprint density at radius 3 is 2.59 bits per heavy atom. The Hall–Kier alpha value is -4.10. The first-order chi connectivity index (χ1) is 16.4. The van der Waals surface area contributed by atoms with Crippen molar-refractivity contribution in [3.8, 4) is 11.3 Å². The highest BCUT2D eigenvalue weighted by Gasteiger charge is 2.35. The molecule has 2 heterocycles. The van der Waals surface area contributed by atoms with E-state index in [1.54, 1.807) is 30.3 Å². The molecule has 1 aromatic heterocycles. The van der Waals surface area contributed by atoms with Crippen LogP contribution in [0.1, 0.15) is 27.2 Å². The highest BCUT2D eigenvalue weighted by atomic mass is 32.2. The van der Waals surface area contributed by atoms with Crippen molar-refractivity contribution in [2.75, 3.05) is 0 Å². The number of carboxylic acids is 1. The molecule has 5 rings (SSSR count). The fraction of sp³-hybridized carbons (Fsp3) is 0.0741. The van der Waals surface area contributed by atoms with E-state index in [1.807, 2.05) is 49.4 Å². The minimum atomic E-state index is -1.02. The van der Waals surface area contributed by atoms with Gasteiger partial charge in [-0.15, -0.1) is 0 Å². The van der Waals surface area contributed by atoms with Crippen molar-refractivity contribution in [2.45, 2.75) is 13.5 Å². The number of carboxylic acid groups (broad SMARTS) is 1. The lowest BCUT2D eigenvalue weighted by molar-refractivity contribution is -0.123. The van der Waals surface area contributed by atoms with E-state index in [2.05, 4.69) is 0 Å². The van der Waals surface area contributed by atoms with E-state index in [1.165, 1.54) is 11.0 Å².